The van der Waals surface area contributed by atoms with Crippen LogP contribution in [0.25, 0.3) is 0 Å². The van der Waals surface area contributed by atoms with Gasteiger partial charge in [0, 0.05) is 18.0 Å². The zero-order chi connectivity index (χ0) is 14.4. The number of nitrogens with two attached hydrogens (primary N) is 1. The Morgan fingerprint density at radius 2 is 2.15 bits per heavy atom. The molecule has 2 aromatic rings. The predicted molar refractivity (Wildman–Crippen MR) is 81.8 cm³/mol. The monoisotopic (exact) mass is 288 g/mol. The number of hydrogen-bond donors (Lipinski definition) is 1. The van der Waals surface area contributed by atoms with Crippen molar-refractivity contribution in [1.29, 1.82) is 0 Å². The minimum atomic E-state index is -0.296. The molecule has 0 aliphatic carbocycles. The molecule has 20 heavy (non-hydrogen) atoms. The molecule has 2 rings (SSSR count). The van der Waals surface area contributed by atoms with Crippen LogP contribution >= 0.6 is 11.3 Å². The fourth-order valence-corrected chi connectivity index (χ4v) is 2.73. The van der Waals surface area contributed by atoms with E-state index in [4.69, 9.17) is 5.73 Å². The van der Waals surface area contributed by atoms with Crippen LogP contribution in [0.1, 0.15) is 16.0 Å². The lowest BCUT2D eigenvalue weighted by Gasteiger charge is -2.16. The molecular formula is C16H17FN2S. The van der Waals surface area contributed by atoms with E-state index in [2.05, 4.69) is 28.2 Å². The van der Waals surface area contributed by atoms with Crippen molar-refractivity contribution in [3.05, 3.63) is 57.5 Å². The van der Waals surface area contributed by atoms with Gasteiger partial charge in [-0.1, -0.05) is 24.0 Å². The maximum absolute atomic E-state index is 13.6. The van der Waals surface area contributed by atoms with Crippen molar-refractivity contribution in [3.8, 4) is 11.8 Å². The lowest BCUT2D eigenvalue weighted by molar-refractivity contribution is 0.322. The Kier molecular flexibility index (Phi) is 5.31. The van der Waals surface area contributed by atoms with Gasteiger partial charge in [0.1, 0.15) is 5.82 Å². The summed E-state index contributed by atoms with van der Waals surface area (Å²) >= 11 is 1.74. The largest absolute Gasteiger partial charge is 0.320 e. The highest BCUT2D eigenvalue weighted by Gasteiger charge is 2.05. The summed E-state index contributed by atoms with van der Waals surface area (Å²) in [7, 11) is 2.05. The van der Waals surface area contributed by atoms with Gasteiger partial charge in [0.2, 0.25) is 0 Å². The lowest BCUT2D eigenvalue weighted by atomic mass is 10.1. The minimum Gasteiger partial charge on any atom is -0.320 e. The Bertz CT molecular complexity index is 611. The molecule has 0 saturated heterocycles. The molecule has 2 nitrogen and oxygen atoms in total. The topological polar surface area (TPSA) is 29.3 Å². The number of hydrogen-bond acceptors (Lipinski definition) is 3. The van der Waals surface area contributed by atoms with Gasteiger partial charge in [0.25, 0.3) is 0 Å². The Morgan fingerprint density at radius 1 is 1.30 bits per heavy atom. The highest BCUT2D eigenvalue weighted by atomic mass is 32.1. The molecule has 0 saturated carbocycles. The van der Waals surface area contributed by atoms with Crippen molar-refractivity contribution in [1.82, 2.24) is 4.90 Å². The number of thiophene rings is 1. The quantitative estimate of drug-likeness (QED) is 0.877. The Hall–Kier alpha value is -1.67. The van der Waals surface area contributed by atoms with E-state index in [0.29, 0.717) is 5.56 Å². The third kappa shape index (κ3) is 4.17. The number of benzene rings is 1. The molecular weight excluding hydrogens is 271 g/mol. The van der Waals surface area contributed by atoms with Crippen LogP contribution in [0.5, 0.6) is 0 Å². The number of halogens is 1. The van der Waals surface area contributed by atoms with E-state index >= 15 is 0 Å². The van der Waals surface area contributed by atoms with Crippen molar-refractivity contribution in [2.24, 2.45) is 5.73 Å². The normalized spacial score (nSPS) is 10.4. The Balaban J connectivity index is 2.05. The molecule has 2 N–H and O–H groups in total. The van der Waals surface area contributed by atoms with E-state index in [-0.39, 0.29) is 12.4 Å². The van der Waals surface area contributed by atoms with Gasteiger partial charge in [0.05, 0.1) is 12.1 Å². The van der Waals surface area contributed by atoms with Gasteiger partial charge >= 0.3 is 0 Å². The van der Waals surface area contributed by atoms with Crippen molar-refractivity contribution < 1.29 is 4.39 Å². The summed E-state index contributed by atoms with van der Waals surface area (Å²) in [6.45, 7) is 1.89. The van der Waals surface area contributed by atoms with E-state index in [1.165, 1.54) is 10.9 Å². The summed E-state index contributed by atoms with van der Waals surface area (Å²) in [5, 5.41) is 2.07. The van der Waals surface area contributed by atoms with E-state index < -0.39 is 0 Å². The average molecular weight is 288 g/mol. The summed E-state index contributed by atoms with van der Waals surface area (Å²) in [5.41, 5.74) is 6.78. The Morgan fingerprint density at radius 3 is 2.85 bits per heavy atom. The molecule has 0 radical (unpaired) electrons. The van der Waals surface area contributed by atoms with Crippen LogP contribution in [-0.4, -0.2) is 18.5 Å². The summed E-state index contributed by atoms with van der Waals surface area (Å²) < 4.78 is 13.6. The maximum atomic E-state index is 13.6. The smallest absolute Gasteiger partial charge is 0.138 e. The average Bonchev–Trinajstić information content (AvgIpc) is 2.92. The molecule has 1 heterocycles. The van der Waals surface area contributed by atoms with Crippen LogP contribution in [0.15, 0.2) is 35.7 Å². The first-order valence-corrected chi connectivity index (χ1v) is 7.25. The third-order valence-electron chi connectivity index (χ3n) is 2.81. The molecule has 4 heteroatoms. The summed E-state index contributed by atoms with van der Waals surface area (Å²) in [4.78, 5) is 3.51. The molecule has 0 aliphatic heterocycles. The van der Waals surface area contributed by atoms with Gasteiger partial charge in [0.15, 0.2) is 0 Å². The second-order valence-corrected chi connectivity index (χ2v) is 5.60. The molecule has 104 valence electrons. The van der Waals surface area contributed by atoms with E-state index in [1.54, 1.807) is 23.5 Å². The fraction of sp³-hybridized carbons (Fsp3) is 0.250. The SMILES string of the molecule is CN(Cc1ccc(F)c(C#CCN)c1)Cc1cccs1. The second kappa shape index (κ2) is 7.20. The standard InChI is InChI=1S/C16H17FN2S/c1-19(12-15-5-3-9-20-15)11-13-6-7-16(17)14(10-13)4-2-8-18/h3,5-7,9-10H,8,11-12,18H2,1H3. The van der Waals surface area contributed by atoms with Crippen LogP contribution in [-0.2, 0) is 13.1 Å². The van der Waals surface area contributed by atoms with E-state index in [0.717, 1.165) is 18.7 Å². The molecule has 0 spiro atoms. The first-order valence-electron chi connectivity index (χ1n) is 6.37. The van der Waals surface area contributed by atoms with Crippen molar-refractivity contribution in [2.45, 2.75) is 13.1 Å². The summed E-state index contributed by atoms with van der Waals surface area (Å²) in [6, 6.07) is 9.22. The Labute approximate surface area is 123 Å². The number of nitrogens with zero attached hydrogens (tertiary/aromatic N) is 1. The maximum Gasteiger partial charge on any atom is 0.138 e. The molecule has 0 aliphatic rings. The molecule has 1 aromatic carbocycles. The minimum absolute atomic E-state index is 0.238. The predicted octanol–water partition coefficient (Wildman–Crippen LogP) is 2.83. The van der Waals surface area contributed by atoms with Crippen LogP contribution in [0.4, 0.5) is 4.39 Å². The molecule has 0 unspecified atom stereocenters. The van der Waals surface area contributed by atoms with Crippen LogP contribution < -0.4 is 5.73 Å². The van der Waals surface area contributed by atoms with Crippen molar-refractivity contribution in [3.63, 3.8) is 0 Å². The van der Waals surface area contributed by atoms with Crippen LogP contribution in [0.3, 0.4) is 0 Å². The van der Waals surface area contributed by atoms with Crippen molar-refractivity contribution >= 4 is 11.3 Å². The zero-order valence-corrected chi connectivity index (χ0v) is 12.2. The molecule has 0 bridgehead atoms. The van der Waals surface area contributed by atoms with E-state index in [9.17, 15) is 4.39 Å². The van der Waals surface area contributed by atoms with Crippen LogP contribution in [0, 0.1) is 17.7 Å². The summed E-state index contributed by atoms with van der Waals surface area (Å²) in [6.07, 6.45) is 0. The molecule has 0 atom stereocenters. The number of rotatable bonds is 4. The zero-order valence-electron chi connectivity index (χ0n) is 11.4. The molecule has 1 aromatic heterocycles. The van der Waals surface area contributed by atoms with Gasteiger partial charge in [-0.25, -0.2) is 4.39 Å². The molecule has 0 amide bonds. The third-order valence-corrected chi connectivity index (χ3v) is 3.68. The second-order valence-electron chi connectivity index (χ2n) is 4.57. The summed E-state index contributed by atoms with van der Waals surface area (Å²) in [5.74, 6) is 5.16. The fourth-order valence-electron chi connectivity index (χ4n) is 1.95. The molecule has 0 fully saturated rings. The van der Waals surface area contributed by atoms with E-state index in [1.807, 2.05) is 13.1 Å². The highest BCUT2D eigenvalue weighted by molar-refractivity contribution is 7.09. The van der Waals surface area contributed by atoms with Crippen molar-refractivity contribution in [2.75, 3.05) is 13.6 Å². The highest BCUT2D eigenvalue weighted by Crippen LogP contribution is 2.15. The van der Waals surface area contributed by atoms with Crippen LogP contribution in [0.2, 0.25) is 0 Å². The van der Waals surface area contributed by atoms with Gasteiger partial charge in [-0.2, -0.15) is 0 Å². The van der Waals surface area contributed by atoms with Gasteiger partial charge in [-0.15, -0.1) is 11.3 Å². The van der Waals surface area contributed by atoms with Gasteiger partial charge in [-0.3, -0.25) is 4.90 Å². The first-order chi connectivity index (χ1) is 9.69. The van der Waals surface area contributed by atoms with Gasteiger partial charge in [-0.05, 0) is 36.2 Å². The van der Waals surface area contributed by atoms with Gasteiger partial charge < -0.3 is 5.73 Å². The lowest BCUT2D eigenvalue weighted by Crippen LogP contribution is -2.16. The first kappa shape index (κ1) is 14.7.